The molecular formula is C19H13N5O4S2. The number of sulfonamides is 1. The van der Waals surface area contributed by atoms with Crippen molar-refractivity contribution in [3.63, 3.8) is 0 Å². The highest BCUT2D eigenvalue weighted by Gasteiger charge is 2.19. The minimum absolute atomic E-state index is 0.0412. The van der Waals surface area contributed by atoms with Gasteiger partial charge in [-0.05, 0) is 29.1 Å². The van der Waals surface area contributed by atoms with Crippen LogP contribution >= 0.6 is 11.5 Å². The topological polar surface area (TPSA) is 120 Å². The summed E-state index contributed by atoms with van der Waals surface area (Å²) in [5.41, 5.74) is 1.58. The zero-order chi connectivity index (χ0) is 20.7. The lowest BCUT2D eigenvalue weighted by Gasteiger charge is -2.07. The predicted octanol–water partition coefficient (Wildman–Crippen LogP) is 2.84. The first-order chi connectivity index (χ1) is 14.5. The fourth-order valence-corrected chi connectivity index (χ4v) is 4.92. The zero-order valence-electron chi connectivity index (χ0n) is 15.2. The molecule has 0 aliphatic carbocycles. The van der Waals surface area contributed by atoms with Gasteiger partial charge >= 0.3 is 5.76 Å². The van der Waals surface area contributed by atoms with Crippen LogP contribution in [0.1, 0.15) is 5.56 Å². The third-order valence-corrected chi connectivity index (χ3v) is 6.68. The molecule has 1 N–H and O–H groups in total. The molecule has 0 spiro atoms. The summed E-state index contributed by atoms with van der Waals surface area (Å²) in [5.74, 6) is -0.572. The maximum atomic E-state index is 12.6. The molecule has 30 heavy (non-hydrogen) atoms. The van der Waals surface area contributed by atoms with Gasteiger partial charge in [-0.3, -0.25) is 14.3 Å². The second-order valence-corrected chi connectivity index (χ2v) is 8.91. The van der Waals surface area contributed by atoms with Crippen molar-refractivity contribution in [1.82, 2.24) is 18.9 Å². The lowest BCUT2D eigenvalue weighted by atomic mass is 10.1. The highest BCUT2D eigenvalue weighted by molar-refractivity contribution is 7.93. The van der Waals surface area contributed by atoms with Crippen LogP contribution in [0.3, 0.4) is 0 Å². The van der Waals surface area contributed by atoms with Crippen LogP contribution < -0.4 is 10.5 Å². The van der Waals surface area contributed by atoms with E-state index in [4.69, 9.17) is 4.42 Å². The number of anilines is 1. The SMILES string of the molecule is O=c1oc2cc(S(=O)(=O)Nc3ncns3)ccc2n1Cc1cccc2ccncc12. The molecule has 0 atom stereocenters. The maximum Gasteiger partial charge on any atom is 0.420 e. The summed E-state index contributed by atoms with van der Waals surface area (Å²) in [6.07, 6.45) is 4.72. The van der Waals surface area contributed by atoms with E-state index in [0.717, 1.165) is 27.9 Å². The van der Waals surface area contributed by atoms with Crippen molar-refractivity contribution < 1.29 is 12.8 Å². The van der Waals surface area contributed by atoms with Crippen LogP contribution in [0.2, 0.25) is 0 Å². The lowest BCUT2D eigenvalue weighted by molar-refractivity contribution is 0.517. The number of pyridine rings is 1. The fraction of sp³-hybridized carbons (Fsp3) is 0.0526. The normalized spacial score (nSPS) is 11.9. The number of nitrogens with zero attached hydrogens (tertiary/aromatic N) is 4. The van der Waals surface area contributed by atoms with E-state index < -0.39 is 15.8 Å². The van der Waals surface area contributed by atoms with Crippen molar-refractivity contribution in [3.8, 4) is 0 Å². The molecule has 11 heteroatoms. The second-order valence-electron chi connectivity index (χ2n) is 6.45. The van der Waals surface area contributed by atoms with Gasteiger partial charge in [0.2, 0.25) is 5.13 Å². The van der Waals surface area contributed by atoms with E-state index in [9.17, 15) is 13.2 Å². The van der Waals surface area contributed by atoms with E-state index in [1.54, 1.807) is 18.5 Å². The first kappa shape index (κ1) is 18.5. The average Bonchev–Trinajstić information content (AvgIpc) is 3.35. The summed E-state index contributed by atoms with van der Waals surface area (Å²) < 4.78 is 38.0. The summed E-state index contributed by atoms with van der Waals surface area (Å²) in [4.78, 5) is 20.4. The molecule has 5 aromatic rings. The van der Waals surface area contributed by atoms with Crippen LogP contribution in [0.25, 0.3) is 21.9 Å². The molecule has 3 aromatic heterocycles. The van der Waals surface area contributed by atoms with Crippen molar-refractivity contribution in [2.45, 2.75) is 11.4 Å². The number of rotatable bonds is 5. The molecule has 0 saturated heterocycles. The Morgan fingerprint density at radius 1 is 1.17 bits per heavy atom. The molecule has 0 saturated carbocycles. The number of benzene rings is 2. The Morgan fingerprint density at radius 2 is 2.07 bits per heavy atom. The van der Waals surface area contributed by atoms with Crippen LogP contribution in [-0.2, 0) is 16.6 Å². The Balaban J connectivity index is 1.55. The summed E-state index contributed by atoms with van der Waals surface area (Å²) in [5, 5.41) is 2.10. The lowest BCUT2D eigenvalue weighted by Crippen LogP contribution is -2.15. The molecule has 5 rings (SSSR count). The van der Waals surface area contributed by atoms with Gasteiger partial charge in [0.05, 0.1) is 17.0 Å². The van der Waals surface area contributed by atoms with Gasteiger partial charge in [-0.25, -0.2) is 18.2 Å². The summed E-state index contributed by atoms with van der Waals surface area (Å²) in [6, 6.07) is 12.0. The number of aromatic nitrogens is 4. The molecule has 0 bridgehead atoms. The van der Waals surface area contributed by atoms with E-state index in [1.807, 2.05) is 24.3 Å². The first-order valence-electron chi connectivity index (χ1n) is 8.76. The molecule has 9 nitrogen and oxygen atoms in total. The largest absolute Gasteiger partial charge is 0.420 e. The molecule has 3 heterocycles. The van der Waals surface area contributed by atoms with Crippen LogP contribution in [0.15, 0.2) is 75.3 Å². The third-order valence-electron chi connectivity index (χ3n) is 4.64. The van der Waals surface area contributed by atoms with Crippen LogP contribution in [0.5, 0.6) is 0 Å². The third kappa shape index (κ3) is 3.23. The van der Waals surface area contributed by atoms with E-state index in [2.05, 4.69) is 19.1 Å². The molecule has 0 aliphatic rings. The Morgan fingerprint density at radius 3 is 2.90 bits per heavy atom. The highest BCUT2D eigenvalue weighted by Crippen LogP contribution is 2.23. The van der Waals surface area contributed by atoms with Gasteiger partial charge in [-0.15, -0.1) is 0 Å². The average molecular weight is 439 g/mol. The molecule has 0 fully saturated rings. The van der Waals surface area contributed by atoms with E-state index in [0.29, 0.717) is 5.52 Å². The molecule has 0 radical (unpaired) electrons. The first-order valence-corrected chi connectivity index (χ1v) is 11.0. The van der Waals surface area contributed by atoms with Gasteiger partial charge in [0.15, 0.2) is 5.58 Å². The molecule has 0 aliphatic heterocycles. The minimum atomic E-state index is -3.89. The summed E-state index contributed by atoms with van der Waals surface area (Å²) in [6.45, 7) is 0.268. The number of hydrogen-bond acceptors (Lipinski definition) is 8. The Bertz CT molecular complexity index is 1530. The molecular weight excluding hydrogens is 426 g/mol. The highest BCUT2D eigenvalue weighted by atomic mass is 32.2. The monoisotopic (exact) mass is 439 g/mol. The van der Waals surface area contributed by atoms with Crippen molar-refractivity contribution in [1.29, 1.82) is 0 Å². The van der Waals surface area contributed by atoms with Crippen molar-refractivity contribution in [2.75, 3.05) is 4.72 Å². The molecule has 0 unspecified atom stereocenters. The number of hydrogen-bond donors (Lipinski definition) is 1. The minimum Gasteiger partial charge on any atom is -0.408 e. The maximum absolute atomic E-state index is 12.6. The number of fused-ring (bicyclic) bond motifs is 2. The zero-order valence-corrected chi connectivity index (χ0v) is 16.9. The number of oxazole rings is 1. The fourth-order valence-electron chi connectivity index (χ4n) is 3.24. The Labute approximate surface area is 173 Å². The molecule has 2 aromatic carbocycles. The van der Waals surface area contributed by atoms with Gasteiger partial charge < -0.3 is 4.42 Å². The Kier molecular flexibility index (Phi) is 4.33. The van der Waals surface area contributed by atoms with Crippen molar-refractivity contribution >= 4 is 48.6 Å². The standard InChI is InChI=1S/C19H13N5O4S2/c25-19-24(10-13-3-1-2-12-6-7-20-9-15(12)13)16-5-4-14(8-17(16)28-19)30(26,27)23-18-21-11-22-29-18/h1-9,11H,10H2,(H,21,22,23). The van der Waals surface area contributed by atoms with Gasteiger partial charge in [-0.1, -0.05) is 18.2 Å². The van der Waals surface area contributed by atoms with E-state index >= 15 is 0 Å². The Hall–Kier alpha value is -3.57. The molecule has 150 valence electrons. The van der Waals surface area contributed by atoms with Crippen molar-refractivity contribution in [2.24, 2.45) is 0 Å². The van der Waals surface area contributed by atoms with Crippen LogP contribution in [0, 0.1) is 0 Å². The van der Waals surface area contributed by atoms with Gasteiger partial charge in [-0.2, -0.15) is 4.37 Å². The second kappa shape index (κ2) is 7.04. The van der Waals surface area contributed by atoms with E-state index in [-0.39, 0.29) is 22.2 Å². The van der Waals surface area contributed by atoms with Gasteiger partial charge in [0.1, 0.15) is 6.33 Å². The van der Waals surface area contributed by atoms with Gasteiger partial charge in [0.25, 0.3) is 10.0 Å². The predicted molar refractivity (Wildman–Crippen MR) is 112 cm³/mol. The van der Waals surface area contributed by atoms with Crippen LogP contribution in [0.4, 0.5) is 5.13 Å². The smallest absolute Gasteiger partial charge is 0.408 e. The van der Waals surface area contributed by atoms with Crippen molar-refractivity contribution in [3.05, 3.63) is 77.3 Å². The summed E-state index contributed by atoms with van der Waals surface area (Å²) >= 11 is 0.923. The quantitative estimate of drug-likeness (QED) is 0.447. The number of nitrogens with one attached hydrogen (secondary N) is 1. The van der Waals surface area contributed by atoms with Crippen LogP contribution in [-0.4, -0.2) is 27.3 Å². The van der Waals surface area contributed by atoms with E-state index in [1.165, 1.54) is 23.0 Å². The van der Waals surface area contributed by atoms with Gasteiger partial charge in [0, 0.05) is 35.4 Å². The molecule has 0 amide bonds. The summed E-state index contributed by atoms with van der Waals surface area (Å²) in [7, 11) is -3.89.